The van der Waals surface area contributed by atoms with E-state index in [0.717, 1.165) is 27.2 Å². The van der Waals surface area contributed by atoms with Gasteiger partial charge in [0.1, 0.15) is 12.2 Å². The molecule has 0 fully saturated rings. The first kappa shape index (κ1) is 18.1. The summed E-state index contributed by atoms with van der Waals surface area (Å²) in [6.45, 7) is 0.733. The molecule has 28 heavy (non-hydrogen) atoms. The van der Waals surface area contributed by atoms with Gasteiger partial charge in [-0.15, -0.1) is 11.3 Å². The van der Waals surface area contributed by atoms with Crippen molar-refractivity contribution in [1.29, 1.82) is 0 Å². The predicted octanol–water partition coefficient (Wildman–Crippen LogP) is 1.82. The average molecular weight is 394 g/mol. The van der Waals surface area contributed by atoms with Crippen LogP contribution in [-0.4, -0.2) is 28.1 Å². The highest BCUT2D eigenvalue weighted by molar-refractivity contribution is 7.09. The van der Waals surface area contributed by atoms with Gasteiger partial charge in [-0.2, -0.15) is 5.10 Å². The number of carbonyl (C=O) groups excluding carboxylic acids is 2. The van der Waals surface area contributed by atoms with Crippen molar-refractivity contribution in [2.75, 3.05) is 11.4 Å². The molecule has 1 N–H and O–H groups in total. The van der Waals surface area contributed by atoms with Crippen LogP contribution >= 0.6 is 11.3 Å². The van der Waals surface area contributed by atoms with Crippen LogP contribution in [-0.2, 0) is 24.3 Å². The van der Waals surface area contributed by atoms with E-state index in [-0.39, 0.29) is 24.1 Å². The van der Waals surface area contributed by atoms with Crippen LogP contribution in [0, 0.1) is 0 Å². The molecule has 0 bridgehead atoms. The van der Waals surface area contributed by atoms with Crippen LogP contribution in [0.25, 0.3) is 0 Å². The zero-order chi connectivity index (χ0) is 19.5. The molecule has 7 nitrogen and oxygen atoms in total. The van der Waals surface area contributed by atoms with Gasteiger partial charge in [0, 0.05) is 23.2 Å². The first-order valence-electron chi connectivity index (χ1n) is 8.89. The number of aromatic nitrogens is 2. The number of para-hydroxylation sites is 1. The Morgan fingerprint density at radius 1 is 1.11 bits per heavy atom. The van der Waals surface area contributed by atoms with Crippen molar-refractivity contribution in [2.45, 2.75) is 19.5 Å². The van der Waals surface area contributed by atoms with Gasteiger partial charge < -0.3 is 10.2 Å². The summed E-state index contributed by atoms with van der Waals surface area (Å²) in [5, 5.41) is 8.81. The molecule has 0 radical (unpaired) electrons. The van der Waals surface area contributed by atoms with Gasteiger partial charge in [0.05, 0.1) is 6.54 Å². The molecule has 1 aromatic carbocycles. The average Bonchev–Trinajstić information content (AvgIpc) is 3.37. The molecule has 1 aliphatic rings. The highest BCUT2D eigenvalue weighted by atomic mass is 32.1. The van der Waals surface area contributed by atoms with Crippen molar-refractivity contribution < 1.29 is 9.59 Å². The molecule has 142 valence electrons. The predicted molar refractivity (Wildman–Crippen MR) is 106 cm³/mol. The second-order valence-corrected chi connectivity index (χ2v) is 7.44. The molecule has 8 heteroatoms. The number of nitrogens with zero attached hydrogens (tertiary/aromatic N) is 3. The van der Waals surface area contributed by atoms with Crippen molar-refractivity contribution >= 4 is 28.8 Å². The van der Waals surface area contributed by atoms with Crippen LogP contribution in [0.15, 0.2) is 58.7 Å². The summed E-state index contributed by atoms with van der Waals surface area (Å²) in [4.78, 5) is 39.8. The second kappa shape index (κ2) is 7.77. The van der Waals surface area contributed by atoms with Crippen molar-refractivity contribution in [1.82, 2.24) is 15.1 Å². The Labute approximate surface area is 165 Å². The Morgan fingerprint density at radius 2 is 1.96 bits per heavy atom. The molecule has 0 saturated carbocycles. The lowest BCUT2D eigenvalue weighted by molar-refractivity contribution is -0.122. The molecule has 1 aliphatic heterocycles. The van der Waals surface area contributed by atoms with Crippen molar-refractivity contribution in [3.8, 4) is 0 Å². The molecule has 0 unspecified atom stereocenters. The van der Waals surface area contributed by atoms with E-state index in [9.17, 15) is 14.4 Å². The molecular weight excluding hydrogens is 376 g/mol. The van der Waals surface area contributed by atoms with Crippen LogP contribution in [0.5, 0.6) is 0 Å². The summed E-state index contributed by atoms with van der Waals surface area (Å²) in [6.07, 6.45) is 0.784. The SMILES string of the molecule is O=C(Cn1nc(C(=O)N2CCc3ccccc32)ccc1=O)NCc1cccs1. The van der Waals surface area contributed by atoms with Gasteiger partial charge >= 0.3 is 0 Å². The number of rotatable bonds is 5. The minimum absolute atomic E-state index is 0.141. The van der Waals surface area contributed by atoms with Crippen molar-refractivity contribution in [2.24, 2.45) is 0 Å². The molecule has 0 aliphatic carbocycles. The van der Waals surface area contributed by atoms with Crippen LogP contribution in [0.1, 0.15) is 20.9 Å². The monoisotopic (exact) mass is 394 g/mol. The third-order valence-electron chi connectivity index (χ3n) is 4.55. The smallest absolute Gasteiger partial charge is 0.278 e. The quantitative estimate of drug-likeness (QED) is 0.716. The van der Waals surface area contributed by atoms with Gasteiger partial charge in [0.2, 0.25) is 5.91 Å². The highest BCUT2D eigenvalue weighted by Gasteiger charge is 2.26. The fourth-order valence-corrected chi connectivity index (χ4v) is 3.80. The van der Waals surface area contributed by atoms with Crippen molar-refractivity contribution in [3.63, 3.8) is 0 Å². The number of thiophene rings is 1. The number of benzene rings is 1. The molecule has 2 amide bonds. The van der Waals surface area contributed by atoms with E-state index in [4.69, 9.17) is 0 Å². The lowest BCUT2D eigenvalue weighted by atomic mass is 10.2. The fourth-order valence-electron chi connectivity index (χ4n) is 3.15. The maximum absolute atomic E-state index is 12.9. The molecule has 0 saturated heterocycles. The molecule has 2 aromatic heterocycles. The summed E-state index contributed by atoms with van der Waals surface area (Å²) in [5.74, 6) is -0.614. The van der Waals surface area contributed by atoms with Crippen molar-refractivity contribution in [3.05, 3.63) is 80.4 Å². The van der Waals surface area contributed by atoms with E-state index >= 15 is 0 Å². The number of amides is 2. The lowest BCUT2D eigenvalue weighted by Crippen LogP contribution is -2.36. The number of anilines is 1. The number of nitrogens with one attached hydrogen (secondary N) is 1. The van der Waals surface area contributed by atoms with Gasteiger partial charge in [-0.05, 0) is 35.6 Å². The first-order chi connectivity index (χ1) is 13.6. The summed E-state index contributed by atoms with van der Waals surface area (Å²) in [7, 11) is 0. The van der Waals surface area contributed by atoms with E-state index in [1.165, 1.54) is 12.1 Å². The van der Waals surface area contributed by atoms with Gasteiger partial charge in [0.25, 0.3) is 11.5 Å². The van der Waals surface area contributed by atoms with Gasteiger partial charge in [0.15, 0.2) is 0 Å². The minimum Gasteiger partial charge on any atom is -0.350 e. The molecule has 3 aromatic rings. The van der Waals surface area contributed by atoms with Gasteiger partial charge in [-0.25, -0.2) is 4.68 Å². The van der Waals surface area contributed by atoms with Crippen LogP contribution in [0.2, 0.25) is 0 Å². The van der Waals surface area contributed by atoms with E-state index in [1.54, 1.807) is 16.2 Å². The maximum Gasteiger partial charge on any atom is 0.278 e. The van der Waals surface area contributed by atoms with Crippen LogP contribution in [0.3, 0.4) is 0 Å². The lowest BCUT2D eigenvalue weighted by Gasteiger charge is -2.17. The van der Waals surface area contributed by atoms with E-state index in [2.05, 4.69) is 10.4 Å². The summed E-state index contributed by atoms with van der Waals surface area (Å²) < 4.78 is 1.03. The molecule has 0 atom stereocenters. The highest BCUT2D eigenvalue weighted by Crippen LogP contribution is 2.28. The maximum atomic E-state index is 12.9. The summed E-state index contributed by atoms with van der Waals surface area (Å²) >= 11 is 1.54. The standard InChI is InChI=1S/C20H18N4O3S/c25-18(21-12-15-5-3-11-28-15)13-24-19(26)8-7-16(22-24)20(27)23-10-9-14-4-1-2-6-17(14)23/h1-8,11H,9-10,12-13H2,(H,21,25). The largest absolute Gasteiger partial charge is 0.350 e. The van der Waals surface area contributed by atoms with Crippen LogP contribution in [0.4, 0.5) is 5.69 Å². The minimum atomic E-state index is -0.426. The Bertz CT molecular complexity index is 1080. The number of hydrogen-bond acceptors (Lipinski definition) is 5. The molecular formula is C20H18N4O3S. The Kier molecular flexibility index (Phi) is 5.03. The van der Waals surface area contributed by atoms with E-state index < -0.39 is 5.56 Å². The molecule has 3 heterocycles. The van der Waals surface area contributed by atoms with Crippen LogP contribution < -0.4 is 15.8 Å². The Hall–Kier alpha value is -3.26. The topological polar surface area (TPSA) is 84.3 Å². The number of hydrogen-bond donors (Lipinski definition) is 1. The fraction of sp³-hybridized carbons (Fsp3) is 0.200. The Balaban J connectivity index is 1.48. The zero-order valence-electron chi connectivity index (χ0n) is 15.0. The second-order valence-electron chi connectivity index (χ2n) is 6.41. The third kappa shape index (κ3) is 3.72. The first-order valence-corrected chi connectivity index (χ1v) is 9.77. The van der Waals surface area contributed by atoms with Gasteiger partial charge in [-0.1, -0.05) is 24.3 Å². The summed E-state index contributed by atoms with van der Waals surface area (Å²) in [6, 6.07) is 14.2. The number of fused-ring (bicyclic) bond motifs is 1. The Morgan fingerprint density at radius 3 is 2.79 bits per heavy atom. The molecule has 0 spiro atoms. The summed E-state index contributed by atoms with van der Waals surface area (Å²) in [5.41, 5.74) is 1.69. The molecule has 4 rings (SSSR count). The third-order valence-corrected chi connectivity index (χ3v) is 5.43. The van der Waals surface area contributed by atoms with Gasteiger partial charge in [-0.3, -0.25) is 14.4 Å². The normalized spacial score (nSPS) is 12.6. The number of carbonyl (C=O) groups is 2. The zero-order valence-corrected chi connectivity index (χ0v) is 15.8. The van der Waals surface area contributed by atoms with E-state index in [0.29, 0.717) is 13.1 Å². The van der Waals surface area contributed by atoms with E-state index in [1.807, 2.05) is 41.8 Å².